The van der Waals surface area contributed by atoms with Crippen molar-refractivity contribution in [3.05, 3.63) is 5.69 Å². The lowest BCUT2D eigenvalue weighted by molar-refractivity contribution is -0.148. The minimum absolute atomic E-state index is 0.180. The van der Waals surface area contributed by atoms with Gasteiger partial charge in [-0.15, -0.1) is 0 Å². The number of ether oxygens (including phenoxy) is 1. The van der Waals surface area contributed by atoms with Gasteiger partial charge in [0.05, 0.1) is 0 Å². The fourth-order valence-corrected chi connectivity index (χ4v) is 1.74. The van der Waals surface area contributed by atoms with Crippen molar-refractivity contribution in [2.75, 3.05) is 18.9 Å². The average molecular weight is 256 g/mol. The van der Waals surface area contributed by atoms with Gasteiger partial charge in [-0.2, -0.15) is 0 Å². The Bertz CT molecular complexity index is 465. The highest BCUT2D eigenvalue weighted by molar-refractivity contribution is 5.99. The van der Waals surface area contributed by atoms with Crippen LogP contribution in [0.4, 0.5) is 5.82 Å². The predicted molar refractivity (Wildman–Crippen MR) is 56.6 cm³/mol. The van der Waals surface area contributed by atoms with Crippen molar-refractivity contribution in [3.63, 3.8) is 0 Å². The van der Waals surface area contributed by atoms with Crippen molar-refractivity contribution in [1.29, 1.82) is 0 Å². The van der Waals surface area contributed by atoms with Crippen LogP contribution in [-0.4, -0.2) is 46.0 Å². The van der Waals surface area contributed by atoms with E-state index in [1.54, 1.807) is 0 Å². The smallest absolute Gasteiger partial charge is 0.329 e. The van der Waals surface area contributed by atoms with Crippen LogP contribution in [0.3, 0.4) is 0 Å². The zero-order valence-corrected chi connectivity index (χ0v) is 9.38. The number of hydrogen-bond donors (Lipinski definition) is 3. The van der Waals surface area contributed by atoms with Crippen molar-refractivity contribution in [3.8, 4) is 0 Å². The van der Waals surface area contributed by atoms with E-state index in [0.717, 1.165) is 0 Å². The van der Waals surface area contributed by atoms with Crippen LogP contribution >= 0.6 is 0 Å². The lowest BCUT2D eigenvalue weighted by Crippen LogP contribution is -2.57. The number of amides is 1. The summed E-state index contributed by atoms with van der Waals surface area (Å²) in [4.78, 5) is 23.2. The molecule has 1 saturated heterocycles. The Balaban J connectivity index is 2.17. The van der Waals surface area contributed by atoms with Gasteiger partial charge in [0.25, 0.3) is 5.91 Å². The van der Waals surface area contributed by atoms with Crippen molar-refractivity contribution in [2.45, 2.75) is 18.4 Å². The molecule has 0 unspecified atom stereocenters. The highest BCUT2D eigenvalue weighted by Crippen LogP contribution is 2.22. The van der Waals surface area contributed by atoms with Crippen LogP contribution in [0.25, 0.3) is 0 Å². The van der Waals surface area contributed by atoms with Gasteiger partial charge in [0.15, 0.2) is 0 Å². The van der Waals surface area contributed by atoms with E-state index < -0.39 is 17.4 Å². The van der Waals surface area contributed by atoms with Gasteiger partial charge in [0, 0.05) is 26.1 Å². The van der Waals surface area contributed by atoms with Gasteiger partial charge in [0.1, 0.15) is 5.54 Å². The maximum absolute atomic E-state index is 11.8. The molecule has 0 radical (unpaired) electrons. The molecule has 1 amide bonds. The number of hydrogen-bond acceptors (Lipinski definition) is 7. The summed E-state index contributed by atoms with van der Waals surface area (Å²) in [5.74, 6) is -2.02. The number of aliphatic carboxylic acids is 1. The maximum atomic E-state index is 11.8. The third kappa shape index (κ3) is 2.12. The van der Waals surface area contributed by atoms with Gasteiger partial charge >= 0.3 is 5.97 Å². The van der Waals surface area contributed by atoms with Crippen LogP contribution in [0.15, 0.2) is 4.63 Å². The second-order valence-electron chi connectivity index (χ2n) is 3.95. The molecule has 18 heavy (non-hydrogen) atoms. The Morgan fingerprint density at radius 1 is 1.33 bits per heavy atom. The Morgan fingerprint density at radius 2 is 2.00 bits per heavy atom. The third-order valence-corrected chi connectivity index (χ3v) is 2.84. The molecule has 9 nitrogen and oxygen atoms in total. The van der Waals surface area contributed by atoms with Crippen LogP contribution in [0, 0.1) is 0 Å². The molecule has 98 valence electrons. The lowest BCUT2D eigenvalue weighted by atomic mass is 9.90. The normalized spacial score (nSPS) is 18.2. The molecule has 0 bridgehead atoms. The largest absolute Gasteiger partial charge is 0.480 e. The first kappa shape index (κ1) is 12.3. The number of nitrogen functional groups attached to an aromatic ring is 1. The Hall–Kier alpha value is -2.16. The Morgan fingerprint density at radius 3 is 2.50 bits per heavy atom. The van der Waals surface area contributed by atoms with Crippen LogP contribution in [0.5, 0.6) is 0 Å². The van der Waals surface area contributed by atoms with E-state index in [0.29, 0.717) is 0 Å². The number of nitrogens with two attached hydrogens (primary N) is 1. The number of carbonyl (C=O) groups excluding carboxylic acids is 1. The van der Waals surface area contributed by atoms with Crippen LogP contribution in [0.2, 0.25) is 0 Å². The minimum Gasteiger partial charge on any atom is -0.480 e. The average Bonchev–Trinajstić information content (AvgIpc) is 2.76. The van der Waals surface area contributed by atoms with Gasteiger partial charge < -0.3 is 20.9 Å². The molecule has 1 aliphatic heterocycles. The van der Waals surface area contributed by atoms with Crippen LogP contribution < -0.4 is 11.1 Å². The van der Waals surface area contributed by atoms with Crippen molar-refractivity contribution >= 4 is 17.7 Å². The molecule has 4 N–H and O–H groups in total. The summed E-state index contributed by atoms with van der Waals surface area (Å²) in [6.07, 6.45) is 0.360. The number of carboxylic acid groups (broad SMARTS) is 1. The SMILES string of the molecule is Nc1nonc1C(=O)NC1(C(=O)O)CCOCC1. The molecule has 0 aromatic carbocycles. The van der Waals surface area contributed by atoms with E-state index in [2.05, 4.69) is 20.3 Å². The van der Waals surface area contributed by atoms with E-state index in [-0.39, 0.29) is 37.6 Å². The standard InChI is InChI=1S/C9H12N4O5/c10-6-5(12-18-13-6)7(14)11-9(8(15)16)1-3-17-4-2-9/h1-4H2,(H2,10,13)(H,11,14)(H,15,16). The summed E-state index contributed by atoms with van der Waals surface area (Å²) in [7, 11) is 0. The number of nitrogens with one attached hydrogen (secondary N) is 1. The Labute approximate surface area is 101 Å². The molecule has 1 fully saturated rings. The molecule has 1 aromatic rings. The van der Waals surface area contributed by atoms with Gasteiger partial charge in [-0.25, -0.2) is 9.42 Å². The zero-order chi connectivity index (χ0) is 13.2. The highest BCUT2D eigenvalue weighted by atomic mass is 16.6. The van der Waals surface area contributed by atoms with Crippen LogP contribution in [-0.2, 0) is 9.53 Å². The molecule has 0 saturated carbocycles. The Kier molecular flexibility index (Phi) is 3.15. The fourth-order valence-electron chi connectivity index (χ4n) is 1.74. The van der Waals surface area contributed by atoms with Gasteiger partial charge in [-0.05, 0) is 10.3 Å². The van der Waals surface area contributed by atoms with Crippen molar-refractivity contribution < 1.29 is 24.1 Å². The monoisotopic (exact) mass is 256 g/mol. The third-order valence-electron chi connectivity index (χ3n) is 2.84. The summed E-state index contributed by atoms with van der Waals surface area (Å²) >= 11 is 0. The van der Waals surface area contributed by atoms with E-state index in [1.165, 1.54) is 0 Å². The number of aromatic nitrogens is 2. The van der Waals surface area contributed by atoms with Gasteiger partial charge in [-0.1, -0.05) is 0 Å². The molecule has 2 rings (SSSR count). The van der Waals surface area contributed by atoms with E-state index in [9.17, 15) is 14.7 Å². The quantitative estimate of drug-likeness (QED) is 0.626. The van der Waals surface area contributed by atoms with Gasteiger partial charge in [0.2, 0.25) is 11.5 Å². The number of carboxylic acids is 1. The zero-order valence-electron chi connectivity index (χ0n) is 9.38. The molecular weight excluding hydrogens is 244 g/mol. The molecule has 0 aliphatic carbocycles. The summed E-state index contributed by atoms with van der Waals surface area (Å²) in [5, 5.41) is 18.2. The van der Waals surface area contributed by atoms with E-state index in [1.807, 2.05) is 0 Å². The predicted octanol–water partition coefficient (Wildman–Crippen LogP) is -0.985. The minimum atomic E-state index is -1.36. The first-order valence-electron chi connectivity index (χ1n) is 5.27. The molecule has 1 aliphatic rings. The molecule has 0 atom stereocenters. The molecule has 9 heteroatoms. The second-order valence-corrected chi connectivity index (χ2v) is 3.95. The van der Waals surface area contributed by atoms with Crippen molar-refractivity contribution in [2.24, 2.45) is 0 Å². The maximum Gasteiger partial charge on any atom is 0.329 e. The number of nitrogens with zero attached hydrogens (tertiary/aromatic N) is 2. The number of rotatable bonds is 3. The molecule has 0 spiro atoms. The topological polar surface area (TPSA) is 141 Å². The molecular formula is C9H12N4O5. The summed E-state index contributed by atoms with van der Waals surface area (Å²) in [6.45, 7) is 0.526. The van der Waals surface area contributed by atoms with E-state index >= 15 is 0 Å². The summed E-state index contributed by atoms with van der Waals surface area (Å²) in [5.41, 5.74) is 3.78. The summed E-state index contributed by atoms with van der Waals surface area (Å²) in [6, 6.07) is 0. The number of anilines is 1. The first-order chi connectivity index (χ1) is 8.55. The van der Waals surface area contributed by atoms with Crippen LogP contribution in [0.1, 0.15) is 23.3 Å². The highest BCUT2D eigenvalue weighted by Gasteiger charge is 2.42. The lowest BCUT2D eigenvalue weighted by Gasteiger charge is -2.33. The fraction of sp³-hybridized carbons (Fsp3) is 0.556. The van der Waals surface area contributed by atoms with Gasteiger partial charge in [-0.3, -0.25) is 4.79 Å². The summed E-state index contributed by atoms with van der Waals surface area (Å²) < 4.78 is 9.38. The molecule has 1 aromatic heterocycles. The van der Waals surface area contributed by atoms with Crippen molar-refractivity contribution in [1.82, 2.24) is 15.6 Å². The number of carbonyl (C=O) groups is 2. The molecule has 2 heterocycles. The first-order valence-corrected chi connectivity index (χ1v) is 5.27. The second kappa shape index (κ2) is 4.61. The van der Waals surface area contributed by atoms with E-state index in [4.69, 9.17) is 10.5 Å².